The Morgan fingerprint density at radius 2 is 1.74 bits per heavy atom. The van der Waals surface area contributed by atoms with E-state index >= 15 is 0 Å². The summed E-state index contributed by atoms with van der Waals surface area (Å²) in [6, 6.07) is 13.1. The fourth-order valence-electron chi connectivity index (χ4n) is 3.21. The highest BCUT2D eigenvalue weighted by Gasteiger charge is 2.55. The van der Waals surface area contributed by atoms with Crippen LogP contribution in [-0.2, 0) is 23.3 Å². The molecule has 3 atom stereocenters. The van der Waals surface area contributed by atoms with Gasteiger partial charge in [0.05, 0.1) is 4.90 Å². The Morgan fingerprint density at radius 3 is 2.29 bits per heavy atom. The number of benzene rings is 2. The summed E-state index contributed by atoms with van der Waals surface area (Å²) in [7, 11) is -3.64. The first-order valence-electron chi connectivity index (χ1n) is 9.90. The zero-order valence-electron chi connectivity index (χ0n) is 17.7. The molecule has 0 spiro atoms. The van der Waals surface area contributed by atoms with Gasteiger partial charge in [0.2, 0.25) is 14.8 Å². The van der Waals surface area contributed by atoms with E-state index in [1.54, 1.807) is 36.4 Å². The molecule has 2 N–H and O–H groups in total. The maximum Gasteiger partial charge on any atom is 0.330 e. The molecule has 34 heavy (non-hydrogen) atoms. The summed E-state index contributed by atoms with van der Waals surface area (Å²) in [5, 5.41) is 10.9. The fraction of sp³-hybridized carbons (Fsp3) is 0.227. The van der Waals surface area contributed by atoms with Gasteiger partial charge in [-0.2, -0.15) is 0 Å². The summed E-state index contributed by atoms with van der Waals surface area (Å²) in [5.41, 5.74) is 0.00223. The normalized spacial score (nSPS) is 18.5. The molecule has 2 aromatic rings. The van der Waals surface area contributed by atoms with Crippen LogP contribution in [0, 0.1) is 0 Å². The number of β-lactam (4-membered cyclic amide) rings is 1. The number of nitrogens with zero attached hydrogens (tertiary/aromatic N) is 1. The van der Waals surface area contributed by atoms with Crippen LogP contribution in [0.2, 0.25) is 0 Å². The van der Waals surface area contributed by atoms with E-state index in [1.807, 2.05) is 0 Å². The number of hydrogen-bond donors (Lipinski definition) is 2. The van der Waals surface area contributed by atoms with Crippen LogP contribution in [0.25, 0.3) is 0 Å². The predicted molar refractivity (Wildman–Crippen MR) is 127 cm³/mol. The molecule has 2 aromatic carbocycles. The predicted octanol–water partition coefficient (Wildman–Crippen LogP) is 2.09. The maximum atomic E-state index is 13.0. The van der Waals surface area contributed by atoms with Crippen LogP contribution in [0.1, 0.15) is 0 Å². The molecule has 2 amide bonds. The van der Waals surface area contributed by atoms with Gasteiger partial charge in [-0.3, -0.25) is 9.59 Å². The van der Waals surface area contributed by atoms with Gasteiger partial charge in [-0.15, -0.1) is 11.6 Å². The molecular weight excluding hydrogens is 504 g/mol. The zero-order chi connectivity index (χ0) is 24.9. The molecule has 3 unspecified atom stereocenters. The minimum Gasteiger partial charge on any atom is -0.484 e. The highest BCUT2D eigenvalue weighted by atomic mass is 35.5. The average molecular weight is 525 g/mol. The second-order valence-corrected chi connectivity index (χ2v) is 11.4. The Hall–Kier alpha value is -3.02. The molecule has 3 rings (SSSR count). The number of amides is 2. The van der Waals surface area contributed by atoms with Gasteiger partial charge in [-0.25, -0.2) is 13.2 Å². The summed E-state index contributed by atoms with van der Waals surface area (Å²) in [6.07, 6.45) is 0. The van der Waals surface area contributed by atoms with Crippen LogP contribution in [0.3, 0.4) is 0 Å². The van der Waals surface area contributed by atoms with E-state index in [9.17, 15) is 27.9 Å². The number of nitrogens with one attached hydrogen (secondary N) is 1. The van der Waals surface area contributed by atoms with Crippen molar-refractivity contribution in [1.29, 1.82) is 0 Å². The number of ether oxygens (including phenoxy) is 1. The summed E-state index contributed by atoms with van der Waals surface area (Å²) in [5.74, 6) is -2.69. The van der Waals surface area contributed by atoms with E-state index < -0.39 is 50.7 Å². The molecule has 12 heteroatoms. The third-order valence-electron chi connectivity index (χ3n) is 4.84. The highest BCUT2D eigenvalue weighted by Crippen LogP contribution is 2.39. The second-order valence-electron chi connectivity index (χ2n) is 7.18. The van der Waals surface area contributed by atoms with Crippen molar-refractivity contribution in [2.75, 3.05) is 12.5 Å². The van der Waals surface area contributed by atoms with E-state index in [2.05, 4.69) is 11.9 Å². The molecule has 180 valence electrons. The van der Waals surface area contributed by atoms with E-state index in [0.717, 1.165) is 4.90 Å². The maximum absolute atomic E-state index is 13.0. The third-order valence-corrected chi connectivity index (χ3v) is 8.91. The van der Waals surface area contributed by atoms with Crippen molar-refractivity contribution in [1.82, 2.24) is 10.2 Å². The zero-order valence-corrected chi connectivity index (χ0v) is 20.1. The van der Waals surface area contributed by atoms with Crippen molar-refractivity contribution in [3.63, 3.8) is 0 Å². The topological polar surface area (TPSA) is 130 Å². The molecule has 1 heterocycles. The van der Waals surface area contributed by atoms with Gasteiger partial charge in [-0.1, -0.05) is 43.0 Å². The molecule has 1 fully saturated rings. The van der Waals surface area contributed by atoms with Crippen LogP contribution in [0.4, 0.5) is 0 Å². The number of carbonyl (C=O) groups is 3. The minimum absolute atomic E-state index is 0.00223. The molecular formula is C22H21ClN2O7S2. The number of alkyl halides is 1. The molecule has 1 aliphatic heterocycles. The largest absolute Gasteiger partial charge is 0.484 e. The van der Waals surface area contributed by atoms with Crippen molar-refractivity contribution in [3.05, 3.63) is 72.8 Å². The Morgan fingerprint density at radius 1 is 1.15 bits per heavy atom. The van der Waals surface area contributed by atoms with Gasteiger partial charge >= 0.3 is 5.97 Å². The molecule has 0 aliphatic carbocycles. The summed E-state index contributed by atoms with van der Waals surface area (Å²) in [6.45, 7) is 3.17. The first-order valence-corrected chi connectivity index (χ1v) is 13.3. The number of hydrogen-bond acceptors (Lipinski definition) is 7. The second kappa shape index (κ2) is 10.9. The highest BCUT2D eigenvalue weighted by molar-refractivity contribution is 8.72. The number of likely N-dealkylation sites (tertiary alicyclic amines) is 1. The lowest BCUT2D eigenvalue weighted by Gasteiger charge is -2.48. The van der Waals surface area contributed by atoms with Crippen molar-refractivity contribution < 1.29 is 32.6 Å². The molecule has 1 saturated heterocycles. The van der Waals surface area contributed by atoms with E-state index in [0.29, 0.717) is 16.5 Å². The van der Waals surface area contributed by atoms with Gasteiger partial charge in [0.1, 0.15) is 17.2 Å². The molecule has 0 aromatic heterocycles. The number of para-hydroxylation sites is 1. The van der Waals surface area contributed by atoms with Gasteiger partial charge in [-0.05, 0) is 29.8 Å². The molecule has 0 saturated carbocycles. The average Bonchev–Trinajstić information content (AvgIpc) is 2.84. The molecule has 9 nitrogen and oxygen atoms in total. The standard InChI is InChI=1S/C22H21ClN2O7S2/c1-14(12-23)19(22(28)29)25-20(27)18(24-17(26)13-32-15-8-4-2-5-9-15)21(25)33-34(30,31)16-10-6-3-7-11-16/h2-11,18-19,21H,1,12-13H2,(H,24,26)(H,28,29). The van der Waals surface area contributed by atoms with Crippen molar-refractivity contribution in [2.45, 2.75) is 22.4 Å². The Labute approximate surface area is 205 Å². The summed E-state index contributed by atoms with van der Waals surface area (Å²) >= 11 is 5.75. The number of rotatable bonds is 11. The first kappa shape index (κ1) is 25.6. The van der Waals surface area contributed by atoms with Crippen LogP contribution < -0.4 is 10.1 Å². The smallest absolute Gasteiger partial charge is 0.330 e. The number of aliphatic carboxylic acids is 1. The monoisotopic (exact) mass is 524 g/mol. The number of carboxylic acid groups (broad SMARTS) is 1. The van der Waals surface area contributed by atoms with Crippen LogP contribution in [-0.4, -0.2) is 66.2 Å². The van der Waals surface area contributed by atoms with Crippen molar-refractivity contribution >= 4 is 49.0 Å². The Kier molecular flexibility index (Phi) is 8.24. The van der Waals surface area contributed by atoms with Crippen LogP contribution >= 0.6 is 22.4 Å². The lowest BCUT2D eigenvalue weighted by Crippen LogP contribution is -2.73. The summed E-state index contributed by atoms with van der Waals surface area (Å²) in [4.78, 5) is 38.0. The van der Waals surface area contributed by atoms with Crippen molar-refractivity contribution in [3.8, 4) is 5.75 Å². The van der Waals surface area contributed by atoms with Gasteiger partial charge in [0.15, 0.2) is 12.6 Å². The quantitative estimate of drug-likeness (QED) is 0.198. The molecule has 0 bridgehead atoms. The molecule has 0 radical (unpaired) electrons. The Balaban J connectivity index is 1.82. The lowest BCUT2D eigenvalue weighted by molar-refractivity contribution is -0.159. The summed E-state index contributed by atoms with van der Waals surface area (Å²) < 4.78 is 31.3. The van der Waals surface area contributed by atoms with E-state index in [4.69, 9.17) is 16.3 Å². The number of halogens is 1. The number of carbonyl (C=O) groups excluding carboxylic acids is 2. The fourth-order valence-corrected chi connectivity index (χ4v) is 6.89. The van der Waals surface area contributed by atoms with Crippen LogP contribution in [0.15, 0.2) is 77.7 Å². The first-order chi connectivity index (χ1) is 16.2. The van der Waals surface area contributed by atoms with Gasteiger partial charge < -0.3 is 20.1 Å². The van der Waals surface area contributed by atoms with Crippen molar-refractivity contribution in [2.24, 2.45) is 0 Å². The molecule has 1 aliphatic rings. The Bertz CT molecular complexity index is 1180. The third kappa shape index (κ3) is 5.72. The van der Waals surface area contributed by atoms with E-state index in [1.165, 1.54) is 24.3 Å². The number of carboxylic acids is 1. The minimum atomic E-state index is -4.01. The van der Waals surface area contributed by atoms with Gasteiger partial charge in [0.25, 0.3) is 5.91 Å². The van der Waals surface area contributed by atoms with Gasteiger partial charge in [0, 0.05) is 16.7 Å². The van der Waals surface area contributed by atoms with E-state index in [-0.39, 0.29) is 16.3 Å². The SMILES string of the molecule is C=C(CCl)C(C(=O)O)N1C(=O)C(NC(=O)COc2ccccc2)C1SS(=O)(=O)c1ccccc1. The lowest BCUT2D eigenvalue weighted by atomic mass is 9.99. The van der Waals surface area contributed by atoms with Crippen LogP contribution in [0.5, 0.6) is 5.75 Å².